The van der Waals surface area contributed by atoms with Crippen molar-refractivity contribution in [3.05, 3.63) is 0 Å². The second-order valence-electron chi connectivity index (χ2n) is 7.86. The highest BCUT2D eigenvalue weighted by Crippen LogP contribution is 2.64. The van der Waals surface area contributed by atoms with Crippen LogP contribution in [-0.4, -0.2) is 30.7 Å². The van der Waals surface area contributed by atoms with Gasteiger partial charge in [0.1, 0.15) is 12.7 Å². The minimum Gasteiger partial charge on any atom is -0.458 e. The molecule has 1 saturated heterocycles. The first-order chi connectivity index (χ1) is 9.86. The van der Waals surface area contributed by atoms with E-state index in [4.69, 9.17) is 9.47 Å². The molecule has 5 aliphatic rings. The molecule has 4 aliphatic carbocycles. The van der Waals surface area contributed by atoms with Crippen LogP contribution in [0.2, 0.25) is 0 Å². The Kier molecular flexibility index (Phi) is 2.92. The molecule has 0 radical (unpaired) electrons. The molecular weight excluding hydrogens is 278 g/mol. The molecule has 2 unspecified atom stereocenters. The van der Waals surface area contributed by atoms with Crippen LogP contribution in [0.4, 0.5) is 8.78 Å². The summed E-state index contributed by atoms with van der Waals surface area (Å²) in [5.74, 6) is -2.34. The molecular formula is C16H22F2O3. The number of epoxide rings is 1. The molecule has 0 aromatic carbocycles. The van der Waals surface area contributed by atoms with E-state index in [2.05, 4.69) is 0 Å². The molecule has 3 nitrogen and oxygen atoms in total. The predicted molar refractivity (Wildman–Crippen MR) is 70.8 cm³/mol. The molecule has 5 heteroatoms. The number of rotatable bonds is 4. The Balaban J connectivity index is 1.36. The molecule has 5 fully saturated rings. The zero-order valence-electron chi connectivity index (χ0n) is 12.3. The van der Waals surface area contributed by atoms with Gasteiger partial charge in [0.25, 0.3) is 0 Å². The fraction of sp³-hybridized carbons (Fsp3) is 0.938. The van der Waals surface area contributed by atoms with Gasteiger partial charge in [-0.25, -0.2) is 4.79 Å². The number of hydrogen-bond donors (Lipinski definition) is 0. The molecule has 4 bridgehead atoms. The highest BCUT2D eigenvalue weighted by atomic mass is 19.3. The maximum absolute atomic E-state index is 12.8. The van der Waals surface area contributed by atoms with Crippen molar-refractivity contribution in [2.75, 3.05) is 6.61 Å². The minimum absolute atomic E-state index is 0.0192. The Hall–Kier alpha value is -0.710. The van der Waals surface area contributed by atoms with E-state index in [1.165, 1.54) is 38.5 Å². The predicted octanol–water partition coefficient (Wildman–Crippen LogP) is 3.17. The fourth-order valence-electron chi connectivity index (χ4n) is 5.62. The van der Waals surface area contributed by atoms with Gasteiger partial charge < -0.3 is 9.47 Å². The Morgan fingerprint density at radius 2 is 1.71 bits per heavy atom. The standard InChI is InChI=1S/C16H22F2O3/c1-15(17,18)14(19)20-8-12-13(21-12)16-5-9-2-10(6-16)4-11(3-9)7-16/h9-13H,2-8H2,1H3. The first-order valence-corrected chi connectivity index (χ1v) is 8.06. The third-order valence-corrected chi connectivity index (χ3v) is 6.01. The van der Waals surface area contributed by atoms with Crippen molar-refractivity contribution < 1.29 is 23.0 Å². The topological polar surface area (TPSA) is 38.8 Å². The molecule has 5 rings (SSSR count). The number of esters is 1. The molecule has 0 aromatic heterocycles. The molecule has 21 heavy (non-hydrogen) atoms. The summed E-state index contributed by atoms with van der Waals surface area (Å²) in [5.41, 5.74) is 0.251. The van der Waals surface area contributed by atoms with Crippen LogP contribution in [0.1, 0.15) is 45.4 Å². The second-order valence-corrected chi connectivity index (χ2v) is 7.86. The first-order valence-electron chi connectivity index (χ1n) is 8.06. The lowest BCUT2D eigenvalue weighted by Gasteiger charge is -2.56. The molecule has 1 aliphatic heterocycles. The van der Waals surface area contributed by atoms with Gasteiger partial charge in [-0.3, -0.25) is 0 Å². The molecule has 0 amide bonds. The Morgan fingerprint density at radius 3 is 2.19 bits per heavy atom. The zero-order chi connectivity index (χ0) is 14.8. The second kappa shape index (κ2) is 4.40. The van der Waals surface area contributed by atoms with Gasteiger partial charge in [-0.15, -0.1) is 0 Å². The minimum atomic E-state index is -3.41. The van der Waals surface area contributed by atoms with E-state index in [1.54, 1.807) is 0 Å². The molecule has 0 spiro atoms. The number of ether oxygens (including phenoxy) is 2. The molecule has 0 aromatic rings. The lowest BCUT2D eigenvalue weighted by molar-refractivity contribution is -0.169. The summed E-state index contributed by atoms with van der Waals surface area (Å²) in [5, 5.41) is 0. The van der Waals surface area contributed by atoms with Crippen LogP contribution in [0.15, 0.2) is 0 Å². The number of halogens is 2. The van der Waals surface area contributed by atoms with E-state index >= 15 is 0 Å². The van der Waals surface area contributed by atoms with Crippen molar-refractivity contribution in [1.82, 2.24) is 0 Å². The number of hydrogen-bond acceptors (Lipinski definition) is 3. The highest BCUT2D eigenvalue weighted by molar-refractivity contribution is 5.76. The maximum Gasteiger partial charge on any atom is 0.376 e. The van der Waals surface area contributed by atoms with Crippen LogP contribution in [0.25, 0.3) is 0 Å². The molecule has 2 atom stereocenters. The van der Waals surface area contributed by atoms with Crippen LogP contribution in [0.5, 0.6) is 0 Å². The summed E-state index contributed by atoms with van der Waals surface area (Å²) in [6.45, 7) is 0.550. The number of carbonyl (C=O) groups is 1. The number of alkyl halides is 2. The Bertz CT molecular complexity index is 422. The first kappa shape index (κ1) is 13.9. The summed E-state index contributed by atoms with van der Waals surface area (Å²) >= 11 is 0. The highest BCUT2D eigenvalue weighted by Gasteiger charge is 2.62. The summed E-state index contributed by atoms with van der Waals surface area (Å²) in [6, 6.07) is 0. The monoisotopic (exact) mass is 300 g/mol. The van der Waals surface area contributed by atoms with E-state index in [9.17, 15) is 13.6 Å². The van der Waals surface area contributed by atoms with Gasteiger partial charge >= 0.3 is 11.9 Å². The Labute approximate surface area is 123 Å². The van der Waals surface area contributed by atoms with Crippen molar-refractivity contribution in [2.45, 2.75) is 63.6 Å². The normalized spacial score (nSPS) is 47.5. The van der Waals surface area contributed by atoms with Crippen LogP contribution in [-0.2, 0) is 14.3 Å². The van der Waals surface area contributed by atoms with E-state index < -0.39 is 11.9 Å². The van der Waals surface area contributed by atoms with E-state index in [-0.39, 0.29) is 24.2 Å². The summed E-state index contributed by atoms with van der Waals surface area (Å²) in [4.78, 5) is 11.1. The fourth-order valence-corrected chi connectivity index (χ4v) is 5.62. The largest absolute Gasteiger partial charge is 0.458 e. The van der Waals surface area contributed by atoms with E-state index in [0.29, 0.717) is 6.92 Å². The average molecular weight is 300 g/mol. The average Bonchev–Trinajstić information content (AvgIpc) is 3.13. The van der Waals surface area contributed by atoms with E-state index in [1.807, 2.05) is 0 Å². The van der Waals surface area contributed by atoms with Crippen LogP contribution in [0.3, 0.4) is 0 Å². The quantitative estimate of drug-likeness (QED) is 0.591. The van der Waals surface area contributed by atoms with Crippen molar-refractivity contribution in [1.29, 1.82) is 0 Å². The van der Waals surface area contributed by atoms with Gasteiger partial charge in [-0.05, 0) is 56.3 Å². The number of carbonyl (C=O) groups excluding carboxylic acids is 1. The lowest BCUT2D eigenvalue weighted by atomic mass is 9.48. The molecule has 4 saturated carbocycles. The van der Waals surface area contributed by atoms with E-state index in [0.717, 1.165) is 17.8 Å². The lowest BCUT2D eigenvalue weighted by Crippen LogP contribution is -2.49. The SMILES string of the molecule is CC(F)(F)C(=O)OCC1OC1C12CC3CC(CC(C3)C1)C2. The summed E-state index contributed by atoms with van der Waals surface area (Å²) in [7, 11) is 0. The third-order valence-electron chi connectivity index (χ3n) is 6.01. The van der Waals surface area contributed by atoms with Crippen molar-refractivity contribution in [2.24, 2.45) is 23.2 Å². The van der Waals surface area contributed by atoms with Crippen molar-refractivity contribution in [3.8, 4) is 0 Å². The van der Waals surface area contributed by atoms with Gasteiger partial charge in [0.2, 0.25) is 0 Å². The Morgan fingerprint density at radius 1 is 1.19 bits per heavy atom. The van der Waals surface area contributed by atoms with Crippen LogP contribution in [0, 0.1) is 23.2 Å². The van der Waals surface area contributed by atoms with Crippen LogP contribution < -0.4 is 0 Å². The molecule has 118 valence electrons. The van der Waals surface area contributed by atoms with Gasteiger partial charge in [0, 0.05) is 12.3 Å². The van der Waals surface area contributed by atoms with Crippen LogP contribution >= 0.6 is 0 Å². The van der Waals surface area contributed by atoms with Crippen molar-refractivity contribution >= 4 is 5.97 Å². The molecule has 0 N–H and O–H groups in total. The zero-order valence-corrected chi connectivity index (χ0v) is 12.3. The molecule has 1 heterocycles. The van der Waals surface area contributed by atoms with Crippen molar-refractivity contribution in [3.63, 3.8) is 0 Å². The third kappa shape index (κ3) is 2.37. The van der Waals surface area contributed by atoms with Gasteiger partial charge in [0.05, 0.1) is 6.10 Å². The maximum atomic E-state index is 12.8. The summed E-state index contributed by atoms with van der Waals surface area (Å²) < 4.78 is 36.0. The smallest absolute Gasteiger partial charge is 0.376 e. The van der Waals surface area contributed by atoms with Gasteiger partial charge in [-0.1, -0.05) is 0 Å². The summed E-state index contributed by atoms with van der Waals surface area (Å²) in [6.07, 6.45) is 7.74. The van der Waals surface area contributed by atoms with Gasteiger partial charge in [0.15, 0.2) is 0 Å². The van der Waals surface area contributed by atoms with Gasteiger partial charge in [-0.2, -0.15) is 8.78 Å².